The topological polar surface area (TPSA) is 126 Å². The minimum absolute atomic E-state index is 0.307. The fraction of sp³-hybridized carbons (Fsp3) is 0.100. The van der Waals surface area contributed by atoms with E-state index in [1.54, 1.807) is 31.2 Å². The van der Waals surface area contributed by atoms with Crippen molar-refractivity contribution in [1.82, 2.24) is 4.98 Å². The molecule has 9 heteroatoms. The van der Waals surface area contributed by atoms with Crippen molar-refractivity contribution in [3.8, 4) is 0 Å². The number of thiazole rings is 1. The predicted molar refractivity (Wildman–Crippen MR) is 114 cm³/mol. The molecule has 0 spiro atoms. The van der Waals surface area contributed by atoms with Gasteiger partial charge in [0.1, 0.15) is 4.88 Å². The van der Waals surface area contributed by atoms with Gasteiger partial charge in [-0.1, -0.05) is 29.0 Å². The highest BCUT2D eigenvalue weighted by atomic mass is 32.1. The van der Waals surface area contributed by atoms with E-state index < -0.39 is 11.9 Å². The molecule has 148 valence electrons. The van der Waals surface area contributed by atoms with Gasteiger partial charge in [0.25, 0.3) is 5.91 Å². The van der Waals surface area contributed by atoms with Crippen LogP contribution in [-0.4, -0.2) is 22.8 Å². The molecule has 0 atom stereocenters. The molecule has 29 heavy (non-hydrogen) atoms. The van der Waals surface area contributed by atoms with Crippen LogP contribution in [0.3, 0.4) is 0 Å². The highest BCUT2D eigenvalue weighted by Gasteiger charge is 2.17. The highest BCUT2D eigenvalue weighted by Crippen LogP contribution is 2.24. The molecule has 0 radical (unpaired) electrons. The number of aromatic nitrogens is 1. The lowest BCUT2D eigenvalue weighted by Gasteiger charge is -2.05. The van der Waals surface area contributed by atoms with Crippen molar-refractivity contribution >= 4 is 45.7 Å². The number of carbonyl (C=O) groups excluding carboxylic acids is 3. The number of carbonyl (C=O) groups is 3. The smallest absolute Gasteiger partial charge is 0.325 e. The van der Waals surface area contributed by atoms with E-state index in [0.29, 0.717) is 32.6 Å². The van der Waals surface area contributed by atoms with Crippen molar-refractivity contribution in [3.63, 3.8) is 0 Å². The monoisotopic (exact) mass is 409 g/mol. The number of nitrogens with two attached hydrogens (primary N) is 1. The third-order valence-electron chi connectivity index (χ3n) is 3.96. The third-order valence-corrected chi connectivity index (χ3v) is 5.03. The van der Waals surface area contributed by atoms with E-state index >= 15 is 0 Å². The number of hydrogen-bond acceptors (Lipinski definition) is 5. The molecule has 1 heterocycles. The van der Waals surface area contributed by atoms with Crippen LogP contribution in [-0.2, 0) is 0 Å². The largest absolute Gasteiger partial charge is 0.366 e. The molecule has 2 aromatic carbocycles. The highest BCUT2D eigenvalue weighted by molar-refractivity contribution is 7.17. The number of aryl methyl sites for hydroxylation is 2. The number of primary amides is 1. The lowest BCUT2D eigenvalue weighted by Crippen LogP contribution is -2.19. The molecule has 5 N–H and O–H groups in total. The van der Waals surface area contributed by atoms with Crippen LogP contribution in [0.25, 0.3) is 0 Å². The molecule has 0 aliphatic heterocycles. The molecule has 0 bridgehead atoms. The maximum atomic E-state index is 12.5. The summed E-state index contributed by atoms with van der Waals surface area (Å²) in [4.78, 5) is 40.4. The number of hydrogen-bond donors (Lipinski definition) is 4. The van der Waals surface area contributed by atoms with E-state index in [1.165, 1.54) is 12.1 Å². The Labute approximate surface area is 171 Å². The molecule has 0 aliphatic rings. The van der Waals surface area contributed by atoms with E-state index in [2.05, 4.69) is 20.9 Å². The lowest BCUT2D eigenvalue weighted by atomic mass is 10.2. The van der Waals surface area contributed by atoms with Crippen molar-refractivity contribution < 1.29 is 14.4 Å². The van der Waals surface area contributed by atoms with Crippen LogP contribution in [0.2, 0.25) is 0 Å². The minimum Gasteiger partial charge on any atom is -0.366 e. The van der Waals surface area contributed by atoms with Crippen LogP contribution in [0.4, 0.5) is 21.3 Å². The second kappa shape index (κ2) is 8.53. The number of amides is 4. The molecule has 0 saturated carbocycles. The molecule has 8 nitrogen and oxygen atoms in total. The Balaban J connectivity index is 1.64. The van der Waals surface area contributed by atoms with Gasteiger partial charge in [-0.15, -0.1) is 0 Å². The molecule has 3 aromatic rings. The van der Waals surface area contributed by atoms with Gasteiger partial charge in [0.05, 0.1) is 5.69 Å². The zero-order chi connectivity index (χ0) is 21.0. The minimum atomic E-state index is -0.541. The summed E-state index contributed by atoms with van der Waals surface area (Å²) < 4.78 is 0. The van der Waals surface area contributed by atoms with Gasteiger partial charge in [0.15, 0.2) is 5.13 Å². The van der Waals surface area contributed by atoms with E-state index in [9.17, 15) is 14.4 Å². The molecular weight excluding hydrogens is 390 g/mol. The SMILES string of the molecule is Cc1ccc(NC(=O)Nc2nc(C)c(C(=O)Nc3ccc(C(N)=O)cc3)s2)cc1. The van der Waals surface area contributed by atoms with Crippen molar-refractivity contribution in [1.29, 1.82) is 0 Å². The van der Waals surface area contributed by atoms with E-state index in [-0.39, 0.29) is 5.91 Å². The summed E-state index contributed by atoms with van der Waals surface area (Å²) in [5.41, 5.74) is 8.30. The summed E-state index contributed by atoms with van der Waals surface area (Å²) >= 11 is 1.07. The summed E-state index contributed by atoms with van der Waals surface area (Å²) in [7, 11) is 0. The molecule has 0 saturated heterocycles. The van der Waals surface area contributed by atoms with Crippen LogP contribution < -0.4 is 21.7 Å². The van der Waals surface area contributed by atoms with Gasteiger partial charge in [0, 0.05) is 16.9 Å². The Morgan fingerprint density at radius 2 is 1.45 bits per heavy atom. The van der Waals surface area contributed by atoms with Gasteiger partial charge in [-0.25, -0.2) is 9.78 Å². The first kappa shape index (κ1) is 20.0. The van der Waals surface area contributed by atoms with Gasteiger partial charge in [-0.3, -0.25) is 14.9 Å². The number of nitrogens with zero attached hydrogens (tertiary/aromatic N) is 1. The van der Waals surface area contributed by atoms with Crippen LogP contribution in [0.1, 0.15) is 31.3 Å². The Bertz CT molecular complexity index is 1060. The van der Waals surface area contributed by atoms with Crippen LogP contribution in [0, 0.1) is 13.8 Å². The van der Waals surface area contributed by atoms with E-state index in [1.807, 2.05) is 19.1 Å². The molecule has 0 fully saturated rings. The summed E-state index contributed by atoms with van der Waals surface area (Å²) in [6.07, 6.45) is 0. The van der Waals surface area contributed by atoms with Gasteiger partial charge in [-0.05, 0) is 50.2 Å². The Hall–Kier alpha value is -3.72. The quantitative estimate of drug-likeness (QED) is 0.512. The van der Waals surface area contributed by atoms with Crippen molar-refractivity contribution in [2.45, 2.75) is 13.8 Å². The number of anilines is 3. The Kier molecular flexibility index (Phi) is 5.89. The summed E-state index contributed by atoms with van der Waals surface area (Å²) in [6.45, 7) is 3.64. The number of rotatable bonds is 5. The average Bonchev–Trinajstić information content (AvgIpc) is 3.04. The second-order valence-electron chi connectivity index (χ2n) is 6.27. The molecule has 1 aromatic heterocycles. The first-order valence-corrected chi connectivity index (χ1v) is 9.47. The molecular formula is C20H19N5O3S. The predicted octanol–water partition coefficient (Wildman–Crippen LogP) is 3.76. The Morgan fingerprint density at radius 1 is 0.862 bits per heavy atom. The number of benzene rings is 2. The maximum Gasteiger partial charge on any atom is 0.325 e. The van der Waals surface area contributed by atoms with Crippen LogP contribution >= 0.6 is 11.3 Å². The summed E-state index contributed by atoms with van der Waals surface area (Å²) in [5.74, 6) is -0.903. The molecule has 0 unspecified atom stereocenters. The zero-order valence-electron chi connectivity index (χ0n) is 15.8. The zero-order valence-corrected chi connectivity index (χ0v) is 16.6. The third kappa shape index (κ3) is 5.17. The van der Waals surface area contributed by atoms with Gasteiger partial charge in [0.2, 0.25) is 5.91 Å². The fourth-order valence-corrected chi connectivity index (χ4v) is 3.32. The van der Waals surface area contributed by atoms with Gasteiger partial charge >= 0.3 is 6.03 Å². The van der Waals surface area contributed by atoms with Crippen LogP contribution in [0.15, 0.2) is 48.5 Å². The Morgan fingerprint density at radius 3 is 2.07 bits per heavy atom. The van der Waals surface area contributed by atoms with Crippen molar-refractivity contribution in [2.75, 3.05) is 16.0 Å². The first-order valence-electron chi connectivity index (χ1n) is 8.65. The second-order valence-corrected chi connectivity index (χ2v) is 7.27. The summed E-state index contributed by atoms with van der Waals surface area (Å²) in [6, 6.07) is 13.2. The lowest BCUT2D eigenvalue weighted by molar-refractivity contribution is 0.0998. The van der Waals surface area contributed by atoms with E-state index in [4.69, 9.17) is 5.73 Å². The first-order chi connectivity index (χ1) is 13.8. The number of urea groups is 1. The summed E-state index contributed by atoms with van der Waals surface area (Å²) in [5, 5.41) is 8.37. The van der Waals surface area contributed by atoms with Crippen molar-refractivity contribution in [3.05, 3.63) is 70.2 Å². The normalized spacial score (nSPS) is 10.3. The average molecular weight is 409 g/mol. The van der Waals surface area contributed by atoms with Gasteiger partial charge < -0.3 is 16.4 Å². The number of nitrogens with one attached hydrogen (secondary N) is 3. The van der Waals surface area contributed by atoms with Crippen LogP contribution in [0.5, 0.6) is 0 Å². The standard InChI is InChI=1S/C20H19N5O3S/c1-11-3-7-15(8-4-11)24-19(28)25-20-22-12(2)16(29-20)18(27)23-14-9-5-13(6-10-14)17(21)26/h3-10H,1-2H3,(H2,21,26)(H,23,27)(H2,22,24,25,28). The molecule has 0 aliphatic carbocycles. The maximum absolute atomic E-state index is 12.5. The van der Waals surface area contributed by atoms with E-state index in [0.717, 1.165) is 16.9 Å². The van der Waals surface area contributed by atoms with Gasteiger partial charge in [-0.2, -0.15) is 0 Å². The fourth-order valence-electron chi connectivity index (χ4n) is 2.46. The molecule has 3 rings (SSSR count). The van der Waals surface area contributed by atoms with Crippen molar-refractivity contribution in [2.24, 2.45) is 5.73 Å². The molecule has 4 amide bonds.